The zero-order valence-electron chi connectivity index (χ0n) is 17.3. The molecule has 0 fully saturated rings. The number of carbonyl (C=O) groups is 2. The number of amides is 2. The lowest BCUT2D eigenvalue weighted by Gasteiger charge is -2.20. The molecular formula is C20H25N5O4S. The summed E-state index contributed by atoms with van der Waals surface area (Å²) in [7, 11) is 3.43. The van der Waals surface area contributed by atoms with E-state index in [-0.39, 0.29) is 23.9 Å². The van der Waals surface area contributed by atoms with Gasteiger partial charge in [0.25, 0.3) is 11.6 Å². The standard InChI is InChI=1S/C20H25N5O4S/c1-13(2)19(22-18(26)11-15-6-5-9-30-15)20(27)23-21-12-14-7-8-16(24(3)4)17(10-14)25(28)29/h5-10,12-13,19H,11H2,1-4H3,(H,22,26)(H,23,27)/b21-12+/t19-/m0/s1. The number of thiophene rings is 1. The summed E-state index contributed by atoms with van der Waals surface area (Å²) in [5, 5.41) is 19.8. The molecule has 160 valence electrons. The molecule has 0 bridgehead atoms. The second kappa shape index (κ2) is 10.5. The van der Waals surface area contributed by atoms with Crippen LogP contribution in [0.2, 0.25) is 0 Å². The smallest absolute Gasteiger partial charge is 0.293 e. The van der Waals surface area contributed by atoms with Gasteiger partial charge >= 0.3 is 0 Å². The van der Waals surface area contributed by atoms with E-state index in [0.29, 0.717) is 11.3 Å². The third kappa shape index (κ3) is 6.38. The maximum Gasteiger partial charge on any atom is 0.293 e. The first-order valence-electron chi connectivity index (χ1n) is 9.29. The van der Waals surface area contributed by atoms with E-state index in [4.69, 9.17) is 0 Å². The highest BCUT2D eigenvalue weighted by atomic mass is 32.1. The molecule has 0 spiro atoms. The summed E-state index contributed by atoms with van der Waals surface area (Å²) in [6, 6.07) is 7.64. The lowest BCUT2D eigenvalue weighted by molar-refractivity contribution is -0.384. The van der Waals surface area contributed by atoms with Crippen LogP contribution in [0.5, 0.6) is 0 Å². The number of benzene rings is 1. The fourth-order valence-corrected chi connectivity index (χ4v) is 3.42. The van der Waals surface area contributed by atoms with Gasteiger partial charge in [-0.05, 0) is 23.4 Å². The molecule has 2 rings (SSSR count). The zero-order valence-corrected chi connectivity index (χ0v) is 18.1. The second-order valence-corrected chi connectivity index (χ2v) is 8.21. The van der Waals surface area contributed by atoms with Crippen LogP contribution in [0.1, 0.15) is 24.3 Å². The van der Waals surface area contributed by atoms with Crippen LogP contribution in [-0.2, 0) is 16.0 Å². The summed E-state index contributed by atoms with van der Waals surface area (Å²) in [6.45, 7) is 3.64. The van der Waals surface area contributed by atoms with Gasteiger partial charge in [0.05, 0.1) is 17.6 Å². The van der Waals surface area contributed by atoms with Crippen molar-refractivity contribution in [2.24, 2.45) is 11.0 Å². The molecule has 2 N–H and O–H groups in total. The van der Waals surface area contributed by atoms with E-state index in [9.17, 15) is 19.7 Å². The van der Waals surface area contributed by atoms with Gasteiger partial charge in [-0.2, -0.15) is 5.10 Å². The van der Waals surface area contributed by atoms with Crippen LogP contribution in [0.3, 0.4) is 0 Å². The Labute approximate surface area is 178 Å². The number of hydrogen-bond acceptors (Lipinski definition) is 7. The number of anilines is 1. The molecule has 1 aromatic heterocycles. The average molecular weight is 432 g/mol. The van der Waals surface area contributed by atoms with Gasteiger partial charge in [0.15, 0.2) is 0 Å². The third-order valence-corrected chi connectivity index (χ3v) is 5.12. The van der Waals surface area contributed by atoms with Crippen molar-refractivity contribution in [3.63, 3.8) is 0 Å². The van der Waals surface area contributed by atoms with Crippen molar-refractivity contribution in [1.82, 2.24) is 10.7 Å². The number of hydrogen-bond donors (Lipinski definition) is 2. The van der Waals surface area contributed by atoms with Gasteiger partial charge in [-0.3, -0.25) is 19.7 Å². The number of nitro groups is 1. The number of carbonyl (C=O) groups excluding carboxylic acids is 2. The molecule has 1 atom stereocenters. The van der Waals surface area contributed by atoms with Crippen molar-refractivity contribution in [2.45, 2.75) is 26.3 Å². The summed E-state index contributed by atoms with van der Waals surface area (Å²) in [4.78, 5) is 38.1. The number of nitrogens with one attached hydrogen (secondary N) is 2. The summed E-state index contributed by atoms with van der Waals surface area (Å²) >= 11 is 1.48. The molecular weight excluding hydrogens is 406 g/mol. The maximum atomic E-state index is 12.5. The highest BCUT2D eigenvalue weighted by Gasteiger charge is 2.24. The molecule has 1 heterocycles. The van der Waals surface area contributed by atoms with Crippen molar-refractivity contribution < 1.29 is 14.5 Å². The lowest BCUT2D eigenvalue weighted by Crippen LogP contribution is -2.49. The molecule has 0 aliphatic rings. The molecule has 0 aliphatic heterocycles. The molecule has 0 aliphatic carbocycles. The van der Waals surface area contributed by atoms with Crippen LogP contribution >= 0.6 is 11.3 Å². The predicted molar refractivity (Wildman–Crippen MR) is 118 cm³/mol. The van der Waals surface area contributed by atoms with Crippen LogP contribution in [-0.4, -0.2) is 43.1 Å². The Bertz CT molecular complexity index is 925. The van der Waals surface area contributed by atoms with Crippen LogP contribution in [0.4, 0.5) is 11.4 Å². The number of hydrazone groups is 1. The molecule has 2 amide bonds. The Morgan fingerprint density at radius 1 is 1.30 bits per heavy atom. The Hall–Kier alpha value is -3.27. The Morgan fingerprint density at radius 3 is 2.60 bits per heavy atom. The Balaban J connectivity index is 2.02. The van der Waals surface area contributed by atoms with Crippen molar-refractivity contribution in [3.8, 4) is 0 Å². The van der Waals surface area contributed by atoms with E-state index in [0.717, 1.165) is 4.88 Å². The zero-order chi connectivity index (χ0) is 22.3. The molecule has 1 aromatic carbocycles. The monoisotopic (exact) mass is 431 g/mol. The molecule has 2 aromatic rings. The fraction of sp³-hybridized carbons (Fsp3) is 0.350. The van der Waals surface area contributed by atoms with Crippen LogP contribution in [0.15, 0.2) is 40.8 Å². The highest BCUT2D eigenvalue weighted by Crippen LogP contribution is 2.27. The summed E-state index contributed by atoms with van der Waals surface area (Å²) < 4.78 is 0. The number of nitrogens with zero attached hydrogens (tertiary/aromatic N) is 3. The highest BCUT2D eigenvalue weighted by molar-refractivity contribution is 7.10. The van der Waals surface area contributed by atoms with Crippen LogP contribution in [0, 0.1) is 16.0 Å². The summed E-state index contributed by atoms with van der Waals surface area (Å²) in [5.74, 6) is -0.849. The topological polar surface area (TPSA) is 117 Å². The number of rotatable bonds is 9. The first kappa shape index (κ1) is 23.0. The predicted octanol–water partition coefficient (Wildman–Crippen LogP) is 2.56. The quantitative estimate of drug-likeness (QED) is 0.359. The first-order chi connectivity index (χ1) is 14.2. The molecule has 9 nitrogen and oxygen atoms in total. The van der Waals surface area contributed by atoms with E-state index < -0.39 is 16.9 Å². The molecule has 0 unspecified atom stereocenters. The first-order valence-corrected chi connectivity index (χ1v) is 10.2. The van der Waals surface area contributed by atoms with E-state index in [1.165, 1.54) is 23.6 Å². The molecule has 0 radical (unpaired) electrons. The van der Waals surface area contributed by atoms with Crippen LogP contribution < -0.4 is 15.6 Å². The van der Waals surface area contributed by atoms with Crippen LogP contribution in [0.25, 0.3) is 0 Å². The van der Waals surface area contributed by atoms with E-state index in [2.05, 4.69) is 15.8 Å². The third-order valence-electron chi connectivity index (χ3n) is 4.25. The summed E-state index contributed by atoms with van der Waals surface area (Å²) in [6.07, 6.45) is 1.54. The van der Waals surface area contributed by atoms with Crippen molar-refractivity contribution in [3.05, 3.63) is 56.3 Å². The minimum atomic E-state index is -0.750. The summed E-state index contributed by atoms with van der Waals surface area (Å²) in [5.41, 5.74) is 3.28. The van der Waals surface area contributed by atoms with Crippen molar-refractivity contribution >= 4 is 40.7 Å². The Kier molecular flexibility index (Phi) is 8.05. The largest absolute Gasteiger partial charge is 0.372 e. The second-order valence-electron chi connectivity index (χ2n) is 7.18. The number of nitro benzene ring substituents is 1. The van der Waals surface area contributed by atoms with E-state index >= 15 is 0 Å². The minimum Gasteiger partial charge on any atom is -0.372 e. The maximum absolute atomic E-state index is 12.5. The van der Waals surface area contributed by atoms with Gasteiger partial charge in [-0.1, -0.05) is 26.0 Å². The normalized spacial score (nSPS) is 12.0. The van der Waals surface area contributed by atoms with Crippen molar-refractivity contribution in [1.29, 1.82) is 0 Å². The SMILES string of the molecule is CC(C)[C@H](NC(=O)Cc1cccs1)C(=O)N/N=C/c1ccc(N(C)C)c([N+](=O)[O-])c1. The Morgan fingerprint density at radius 2 is 2.03 bits per heavy atom. The van der Waals surface area contributed by atoms with Gasteiger partial charge in [0.1, 0.15) is 11.7 Å². The van der Waals surface area contributed by atoms with E-state index in [1.54, 1.807) is 31.1 Å². The molecule has 30 heavy (non-hydrogen) atoms. The fourth-order valence-electron chi connectivity index (χ4n) is 2.72. The van der Waals surface area contributed by atoms with Gasteiger partial charge in [0, 0.05) is 30.6 Å². The van der Waals surface area contributed by atoms with Gasteiger partial charge < -0.3 is 10.2 Å². The van der Waals surface area contributed by atoms with E-state index in [1.807, 2.05) is 31.4 Å². The molecule has 10 heteroatoms. The van der Waals surface area contributed by atoms with Gasteiger partial charge in [-0.25, -0.2) is 5.43 Å². The molecule has 0 saturated carbocycles. The lowest BCUT2D eigenvalue weighted by atomic mass is 10.0. The molecule has 0 saturated heterocycles. The minimum absolute atomic E-state index is 0.0591. The average Bonchev–Trinajstić information content (AvgIpc) is 3.18. The van der Waals surface area contributed by atoms with Gasteiger partial charge in [-0.15, -0.1) is 11.3 Å². The van der Waals surface area contributed by atoms with Crippen molar-refractivity contribution in [2.75, 3.05) is 19.0 Å². The van der Waals surface area contributed by atoms with Gasteiger partial charge in [0.2, 0.25) is 5.91 Å².